The molecule has 1 aromatic carbocycles. The van der Waals surface area contributed by atoms with Gasteiger partial charge in [0.2, 0.25) is 6.54 Å². The molecule has 0 aromatic heterocycles. The summed E-state index contributed by atoms with van der Waals surface area (Å²) in [5, 5.41) is 21.6. The van der Waals surface area contributed by atoms with Crippen LogP contribution in [0.3, 0.4) is 0 Å². The van der Waals surface area contributed by atoms with Gasteiger partial charge in [0, 0.05) is 23.2 Å². The predicted octanol–water partition coefficient (Wildman–Crippen LogP) is 1.34. The van der Waals surface area contributed by atoms with E-state index < -0.39 is 28.8 Å². The molecule has 0 radical (unpaired) electrons. The molecule has 1 rings (SSSR count). The van der Waals surface area contributed by atoms with Crippen molar-refractivity contribution < 1.29 is 19.2 Å². The van der Waals surface area contributed by atoms with Gasteiger partial charge in [0.25, 0.3) is 0 Å². The highest BCUT2D eigenvalue weighted by molar-refractivity contribution is 5.89. The molecule has 0 bridgehead atoms. The normalized spacial score (nSPS) is 9.88. The van der Waals surface area contributed by atoms with E-state index in [0.717, 1.165) is 12.1 Å². The summed E-state index contributed by atoms with van der Waals surface area (Å²) in [6.45, 7) is -0.559. The third-order valence-electron chi connectivity index (χ3n) is 1.99. The van der Waals surface area contributed by atoms with Crippen molar-refractivity contribution in [3.8, 4) is 0 Å². The standard InChI is InChI=1S/C9H9FN2O4/c1-11-8-3-7(10)6(9(13)14)2-5(8)4-12(15)16/h2-3,11H,4H2,1H3,(H,13,14). The molecule has 0 heterocycles. The number of carbonyl (C=O) groups is 1. The molecule has 0 amide bonds. The Bertz CT molecular complexity index is 447. The molecule has 1 aromatic rings. The van der Waals surface area contributed by atoms with Gasteiger partial charge in [0.05, 0.1) is 5.56 Å². The minimum absolute atomic E-state index is 0.131. The number of rotatable bonds is 4. The Kier molecular flexibility index (Phi) is 3.39. The van der Waals surface area contributed by atoms with E-state index in [1.165, 1.54) is 7.05 Å². The van der Waals surface area contributed by atoms with Gasteiger partial charge in [-0.25, -0.2) is 9.18 Å². The SMILES string of the molecule is CNc1cc(F)c(C(=O)O)cc1C[N+](=O)[O-]. The second kappa shape index (κ2) is 4.56. The second-order valence-electron chi connectivity index (χ2n) is 3.04. The van der Waals surface area contributed by atoms with E-state index >= 15 is 0 Å². The van der Waals surface area contributed by atoms with Crippen LogP contribution in [0.4, 0.5) is 10.1 Å². The van der Waals surface area contributed by atoms with Crippen molar-refractivity contribution in [3.05, 3.63) is 39.2 Å². The number of nitro groups is 1. The molecule has 0 aliphatic heterocycles. The molecular weight excluding hydrogens is 219 g/mol. The monoisotopic (exact) mass is 228 g/mol. The van der Waals surface area contributed by atoms with Gasteiger partial charge in [0.1, 0.15) is 5.82 Å². The molecule has 0 fully saturated rings. The van der Waals surface area contributed by atoms with E-state index in [9.17, 15) is 19.3 Å². The van der Waals surface area contributed by atoms with Crippen LogP contribution < -0.4 is 5.32 Å². The molecule has 0 saturated carbocycles. The van der Waals surface area contributed by atoms with Crippen LogP contribution in [0.5, 0.6) is 0 Å². The molecule has 6 nitrogen and oxygen atoms in total. The van der Waals surface area contributed by atoms with E-state index in [0.29, 0.717) is 0 Å². The number of benzene rings is 1. The number of anilines is 1. The summed E-state index contributed by atoms with van der Waals surface area (Å²) in [4.78, 5) is 20.4. The van der Waals surface area contributed by atoms with Crippen molar-refractivity contribution in [3.63, 3.8) is 0 Å². The van der Waals surface area contributed by atoms with Crippen LogP contribution >= 0.6 is 0 Å². The maximum atomic E-state index is 13.2. The Morgan fingerprint density at radius 1 is 1.62 bits per heavy atom. The van der Waals surface area contributed by atoms with Crippen molar-refractivity contribution in [2.24, 2.45) is 0 Å². The van der Waals surface area contributed by atoms with Crippen molar-refractivity contribution in [2.75, 3.05) is 12.4 Å². The van der Waals surface area contributed by atoms with Gasteiger partial charge >= 0.3 is 5.97 Å². The maximum Gasteiger partial charge on any atom is 0.338 e. The summed E-state index contributed by atoms with van der Waals surface area (Å²) >= 11 is 0. The van der Waals surface area contributed by atoms with Crippen molar-refractivity contribution in [2.45, 2.75) is 6.54 Å². The van der Waals surface area contributed by atoms with E-state index in [1.54, 1.807) is 0 Å². The third kappa shape index (κ3) is 2.44. The van der Waals surface area contributed by atoms with Crippen molar-refractivity contribution in [1.29, 1.82) is 0 Å². The van der Waals surface area contributed by atoms with Gasteiger partial charge in [-0.3, -0.25) is 10.1 Å². The lowest BCUT2D eigenvalue weighted by Gasteiger charge is -2.07. The number of hydrogen-bond acceptors (Lipinski definition) is 4. The van der Waals surface area contributed by atoms with Gasteiger partial charge in [-0.1, -0.05) is 0 Å². The lowest BCUT2D eigenvalue weighted by molar-refractivity contribution is -0.496. The van der Waals surface area contributed by atoms with Crippen molar-refractivity contribution in [1.82, 2.24) is 0 Å². The molecule has 86 valence electrons. The summed E-state index contributed by atoms with van der Waals surface area (Å²) in [5.41, 5.74) is -0.235. The first-order valence-corrected chi connectivity index (χ1v) is 4.31. The van der Waals surface area contributed by atoms with Crippen LogP contribution in [0.2, 0.25) is 0 Å². The first-order valence-electron chi connectivity index (χ1n) is 4.31. The molecule has 0 unspecified atom stereocenters. The Morgan fingerprint density at radius 3 is 2.69 bits per heavy atom. The van der Waals surface area contributed by atoms with Gasteiger partial charge in [-0.15, -0.1) is 0 Å². The quantitative estimate of drug-likeness (QED) is 0.599. The molecule has 0 aliphatic carbocycles. The minimum atomic E-state index is -1.45. The van der Waals surface area contributed by atoms with Crippen molar-refractivity contribution >= 4 is 11.7 Å². The molecule has 0 atom stereocenters. The third-order valence-corrected chi connectivity index (χ3v) is 1.99. The fourth-order valence-corrected chi connectivity index (χ4v) is 1.28. The Hall–Kier alpha value is -2.18. The number of hydrogen-bond donors (Lipinski definition) is 2. The number of nitrogens with zero attached hydrogens (tertiary/aromatic N) is 1. The van der Waals surface area contributed by atoms with E-state index in [1.807, 2.05) is 0 Å². The van der Waals surface area contributed by atoms with Gasteiger partial charge in [-0.05, 0) is 12.1 Å². The number of carboxylic acids is 1. The number of nitrogens with one attached hydrogen (secondary N) is 1. The Labute approximate surface area is 89.9 Å². The zero-order valence-corrected chi connectivity index (χ0v) is 8.36. The second-order valence-corrected chi connectivity index (χ2v) is 3.04. The van der Waals surface area contributed by atoms with Crippen LogP contribution in [-0.2, 0) is 6.54 Å². The Balaban J connectivity index is 3.28. The molecule has 2 N–H and O–H groups in total. The molecule has 0 aliphatic rings. The van der Waals surface area contributed by atoms with Crippen LogP contribution in [0, 0.1) is 15.9 Å². The van der Waals surface area contributed by atoms with Crippen LogP contribution in [0.1, 0.15) is 15.9 Å². The highest BCUT2D eigenvalue weighted by Crippen LogP contribution is 2.21. The predicted molar refractivity (Wildman–Crippen MR) is 53.6 cm³/mol. The summed E-state index contributed by atoms with van der Waals surface area (Å²) in [6, 6.07) is 1.90. The summed E-state index contributed by atoms with van der Waals surface area (Å²) < 4.78 is 13.2. The highest BCUT2D eigenvalue weighted by atomic mass is 19.1. The molecule has 16 heavy (non-hydrogen) atoms. The smallest absolute Gasteiger partial charge is 0.338 e. The molecule has 7 heteroatoms. The number of carboxylic acid groups (broad SMARTS) is 1. The van der Waals surface area contributed by atoms with Gasteiger partial charge in [0.15, 0.2) is 0 Å². The van der Waals surface area contributed by atoms with Crippen LogP contribution in [0.15, 0.2) is 12.1 Å². The average molecular weight is 228 g/mol. The zero-order valence-electron chi connectivity index (χ0n) is 8.36. The number of halogens is 1. The van der Waals surface area contributed by atoms with E-state index in [2.05, 4.69) is 5.32 Å². The molecule has 0 saturated heterocycles. The van der Waals surface area contributed by atoms with Gasteiger partial charge in [-0.2, -0.15) is 0 Å². The van der Waals surface area contributed by atoms with E-state index in [4.69, 9.17) is 5.11 Å². The minimum Gasteiger partial charge on any atom is -0.478 e. The van der Waals surface area contributed by atoms with Crippen LogP contribution in [-0.4, -0.2) is 23.0 Å². The molecule has 0 spiro atoms. The maximum absolute atomic E-state index is 13.2. The largest absolute Gasteiger partial charge is 0.478 e. The fourth-order valence-electron chi connectivity index (χ4n) is 1.28. The highest BCUT2D eigenvalue weighted by Gasteiger charge is 2.17. The molecular formula is C9H9FN2O4. The lowest BCUT2D eigenvalue weighted by Crippen LogP contribution is -2.08. The van der Waals surface area contributed by atoms with Gasteiger partial charge < -0.3 is 10.4 Å². The van der Waals surface area contributed by atoms with E-state index in [-0.39, 0.29) is 11.3 Å². The summed E-state index contributed by atoms with van der Waals surface area (Å²) in [7, 11) is 1.47. The van der Waals surface area contributed by atoms with Crippen LogP contribution in [0.25, 0.3) is 0 Å². The summed E-state index contributed by atoms with van der Waals surface area (Å²) in [5.74, 6) is -2.38. The lowest BCUT2D eigenvalue weighted by atomic mass is 10.1. The Morgan fingerprint density at radius 2 is 2.25 bits per heavy atom. The topological polar surface area (TPSA) is 92.5 Å². The summed E-state index contributed by atoms with van der Waals surface area (Å²) in [6.07, 6.45) is 0. The first kappa shape index (κ1) is 11.9. The first-order chi connectivity index (χ1) is 7.45. The average Bonchev–Trinajstić information content (AvgIpc) is 2.18. The fraction of sp³-hybridized carbons (Fsp3) is 0.222. The number of aromatic carboxylic acids is 1. The zero-order chi connectivity index (χ0) is 12.3.